The van der Waals surface area contributed by atoms with Gasteiger partial charge < -0.3 is 24.1 Å². The molecule has 0 bridgehead atoms. The predicted molar refractivity (Wildman–Crippen MR) is 110 cm³/mol. The van der Waals surface area contributed by atoms with Gasteiger partial charge in [-0.3, -0.25) is 0 Å². The van der Waals surface area contributed by atoms with Gasteiger partial charge in [0.15, 0.2) is 11.5 Å². The summed E-state index contributed by atoms with van der Waals surface area (Å²) < 4.78 is 16.7. The smallest absolute Gasteiger partial charge is 0.321 e. The summed E-state index contributed by atoms with van der Waals surface area (Å²) in [5, 5.41) is 12.0. The SMILES string of the molecule is O=C(Nc1ccc(Cl)cc1)N1CCCC(c2nnc(-c3ccc4c(c3)OCO4)o2)C1. The minimum absolute atomic E-state index is 0.00928. The van der Waals surface area contributed by atoms with E-state index in [1.54, 1.807) is 29.2 Å². The number of halogens is 1. The lowest BCUT2D eigenvalue weighted by molar-refractivity contribution is 0.174. The third-order valence-corrected chi connectivity index (χ3v) is 5.47. The van der Waals surface area contributed by atoms with Crippen molar-refractivity contribution < 1.29 is 18.7 Å². The number of benzene rings is 2. The first-order valence-corrected chi connectivity index (χ1v) is 10.1. The van der Waals surface area contributed by atoms with Crippen LogP contribution >= 0.6 is 11.6 Å². The molecule has 30 heavy (non-hydrogen) atoms. The molecule has 0 spiro atoms. The van der Waals surface area contributed by atoms with Crippen LogP contribution in [0.4, 0.5) is 10.5 Å². The Morgan fingerprint density at radius 3 is 2.80 bits per heavy atom. The number of hydrogen-bond acceptors (Lipinski definition) is 6. The number of likely N-dealkylation sites (tertiary alicyclic amines) is 1. The monoisotopic (exact) mass is 426 g/mol. The van der Waals surface area contributed by atoms with Crippen molar-refractivity contribution >= 4 is 23.3 Å². The van der Waals surface area contributed by atoms with Crippen molar-refractivity contribution in [2.24, 2.45) is 0 Å². The Morgan fingerprint density at radius 2 is 1.93 bits per heavy atom. The third kappa shape index (κ3) is 3.78. The van der Waals surface area contributed by atoms with E-state index in [9.17, 15) is 4.79 Å². The van der Waals surface area contributed by atoms with Gasteiger partial charge in [-0.1, -0.05) is 11.6 Å². The zero-order chi connectivity index (χ0) is 20.5. The molecule has 154 valence electrons. The lowest BCUT2D eigenvalue weighted by atomic mass is 9.98. The Balaban J connectivity index is 1.27. The van der Waals surface area contributed by atoms with Crippen LogP contribution in [0.25, 0.3) is 11.5 Å². The largest absolute Gasteiger partial charge is 0.454 e. The molecule has 0 saturated carbocycles. The molecular formula is C21H19ClN4O4. The number of urea groups is 1. The summed E-state index contributed by atoms with van der Waals surface area (Å²) in [5.74, 6) is 2.31. The topological polar surface area (TPSA) is 89.7 Å². The number of carbonyl (C=O) groups is 1. The number of nitrogens with one attached hydrogen (secondary N) is 1. The molecule has 1 fully saturated rings. The molecule has 1 unspecified atom stereocenters. The summed E-state index contributed by atoms with van der Waals surface area (Å²) in [6.45, 7) is 1.41. The molecule has 0 aliphatic carbocycles. The first kappa shape index (κ1) is 18.7. The highest BCUT2D eigenvalue weighted by molar-refractivity contribution is 6.30. The van der Waals surface area contributed by atoms with E-state index >= 15 is 0 Å². The molecule has 1 aromatic heterocycles. The van der Waals surface area contributed by atoms with Crippen LogP contribution in [-0.2, 0) is 0 Å². The number of ether oxygens (including phenoxy) is 2. The number of fused-ring (bicyclic) bond motifs is 1. The van der Waals surface area contributed by atoms with E-state index in [1.165, 1.54) is 0 Å². The van der Waals surface area contributed by atoms with Crippen LogP contribution in [0.5, 0.6) is 11.5 Å². The van der Waals surface area contributed by atoms with Crippen molar-refractivity contribution in [2.75, 3.05) is 25.2 Å². The number of hydrogen-bond donors (Lipinski definition) is 1. The second-order valence-corrected chi connectivity index (χ2v) is 7.67. The average molecular weight is 427 g/mol. The van der Waals surface area contributed by atoms with Crippen LogP contribution in [0.2, 0.25) is 5.02 Å². The number of anilines is 1. The molecular weight excluding hydrogens is 408 g/mol. The van der Waals surface area contributed by atoms with Crippen molar-refractivity contribution in [3.8, 4) is 23.0 Å². The normalized spacial score (nSPS) is 17.8. The Labute approximate surface area is 177 Å². The fourth-order valence-corrected chi connectivity index (χ4v) is 3.77. The van der Waals surface area contributed by atoms with Gasteiger partial charge in [0.2, 0.25) is 18.6 Å². The van der Waals surface area contributed by atoms with Crippen LogP contribution in [0.3, 0.4) is 0 Å². The van der Waals surface area contributed by atoms with Crippen molar-refractivity contribution in [2.45, 2.75) is 18.8 Å². The van der Waals surface area contributed by atoms with E-state index in [2.05, 4.69) is 15.5 Å². The lowest BCUT2D eigenvalue weighted by Crippen LogP contribution is -2.41. The van der Waals surface area contributed by atoms with E-state index in [1.807, 2.05) is 18.2 Å². The first-order chi connectivity index (χ1) is 14.7. The van der Waals surface area contributed by atoms with E-state index in [0.29, 0.717) is 47.1 Å². The number of amides is 2. The molecule has 5 rings (SSSR count). The van der Waals surface area contributed by atoms with Crippen molar-refractivity contribution in [3.63, 3.8) is 0 Å². The molecule has 9 heteroatoms. The molecule has 8 nitrogen and oxygen atoms in total. The molecule has 3 aromatic rings. The van der Waals surface area contributed by atoms with E-state index in [-0.39, 0.29) is 18.7 Å². The minimum atomic E-state index is -0.155. The fourth-order valence-electron chi connectivity index (χ4n) is 3.64. The molecule has 3 heterocycles. The highest BCUT2D eigenvalue weighted by Gasteiger charge is 2.29. The van der Waals surface area contributed by atoms with Crippen molar-refractivity contribution in [1.82, 2.24) is 15.1 Å². The maximum absolute atomic E-state index is 12.7. The minimum Gasteiger partial charge on any atom is -0.454 e. The first-order valence-electron chi connectivity index (χ1n) is 9.70. The van der Waals surface area contributed by atoms with Gasteiger partial charge in [0.05, 0.1) is 5.92 Å². The number of piperidine rings is 1. The quantitative estimate of drug-likeness (QED) is 0.661. The Bertz CT molecular complexity index is 1070. The van der Waals surface area contributed by atoms with Crippen LogP contribution in [0.15, 0.2) is 46.9 Å². The zero-order valence-corrected chi connectivity index (χ0v) is 16.8. The van der Waals surface area contributed by atoms with Crippen LogP contribution in [-0.4, -0.2) is 41.0 Å². The van der Waals surface area contributed by atoms with Crippen LogP contribution in [0, 0.1) is 0 Å². The number of nitrogens with zero attached hydrogens (tertiary/aromatic N) is 3. The highest BCUT2D eigenvalue weighted by atomic mass is 35.5. The Hall–Kier alpha value is -3.26. The molecule has 2 amide bonds. The van der Waals surface area contributed by atoms with Gasteiger partial charge in [-0.2, -0.15) is 0 Å². The second kappa shape index (κ2) is 7.87. The van der Waals surface area contributed by atoms with E-state index < -0.39 is 0 Å². The summed E-state index contributed by atoms with van der Waals surface area (Å²) in [7, 11) is 0. The lowest BCUT2D eigenvalue weighted by Gasteiger charge is -2.31. The van der Waals surface area contributed by atoms with Crippen LogP contribution in [0.1, 0.15) is 24.7 Å². The number of rotatable bonds is 3. The van der Waals surface area contributed by atoms with Gasteiger partial charge in [-0.15, -0.1) is 10.2 Å². The molecule has 2 aliphatic rings. The van der Waals surface area contributed by atoms with Gasteiger partial charge in [0.25, 0.3) is 0 Å². The molecule has 2 aliphatic heterocycles. The van der Waals surface area contributed by atoms with Gasteiger partial charge in [0.1, 0.15) is 0 Å². The van der Waals surface area contributed by atoms with Gasteiger partial charge in [-0.05, 0) is 55.3 Å². The molecule has 1 atom stereocenters. The molecule has 1 saturated heterocycles. The maximum Gasteiger partial charge on any atom is 0.321 e. The summed E-state index contributed by atoms with van der Waals surface area (Å²) >= 11 is 5.90. The zero-order valence-electron chi connectivity index (χ0n) is 16.0. The summed E-state index contributed by atoms with van der Waals surface area (Å²) in [5.41, 5.74) is 1.47. The standard InChI is InChI=1S/C21H19ClN4O4/c22-15-4-6-16(7-5-15)23-21(27)26-9-1-2-14(11-26)20-25-24-19(30-20)13-3-8-17-18(10-13)29-12-28-17/h3-8,10,14H,1-2,9,11-12H2,(H,23,27). The third-order valence-electron chi connectivity index (χ3n) is 5.21. The molecule has 0 radical (unpaired) electrons. The number of aromatic nitrogens is 2. The van der Waals surface area contributed by atoms with Crippen molar-refractivity contribution in [1.29, 1.82) is 0 Å². The van der Waals surface area contributed by atoms with Gasteiger partial charge >= 0.3 is 6.03 Å². The second-order valence-electron chi connectivity index (χ2n) is 7.24. The molecule has 1 N–H and O–H groups in total. The molecule has 2 aromatic carbocycles. The summed E-state index contributed by atoms with van der Waals surface area (Å²) in [4.78, 5) is 14.4. The average Bonchev–Trinajstić information content (AvgIpc) is 3.44. The maximum atomic E-state index is 12.7. The van der Waals surface area contributed by atoms with E-state index in [0.717, 1.165) is 18.4 Å². The predicted octanol–water partition coefficient (Wildman–Crippen LogP) is 4.53. The van der Waals surface area contributed by atoms with Crippen molar-refractivity contribution in [3.05, 3.63) is 53.4 Å². The fraction of sp³-hybridized carbons (Fsp3) is 0.286. The Morgan fingerprint density at radius 1 is 1.10 bits per heavy atom. The highest BCUT2D eigenvalue weighted by Crippen LogP contribution is 2.36. The summed E-state index contributed by atoms with van der Waals surface area (Å²) in [6, 6.07) is 12.4. The van der Waals surface area contributed by atoms with E-state index in [4.69, 9.17) is 25.5 Å². The van der Waals surface area contributed by atoms with Gasteiger partial charge in [0, 0.05) is 29.4 Å². The Kier molecular flexibility index (Phi) is 4.92. The number of carbonyl (C=O) groups excluding carboxylic acids is 1. The van der Waals surface area contributed by atoms with Gasteiger partial charge in [-0.25, -0.2) is 4.79 Å². The van der Waals surface area contributed by atoms with Crippen LogP contribution < -0.4 is 14.8 Å². The summed E-state index contributed by atoms with van der Waals surface area (Å²) in [6.07, 6.45) is 1.74.